The standard InChI is InChI=1S/C45H30N2S.C40H24N2O.C36H22N2S/c1-45(2)36-11-5-3-9-33(36)34-23-20-31(26-37(34)45)44-43(46-38-12-6-7-13-39(38)47-44)28-17-15-27(16-18-28)29-19-22-32-30(25-29)21-24-41-42(32)35-10-4-8-14-40(35)48-41;1-2-10-26(11-3-1)38-39(41-35-20-19-25-9-4-5-14-32(25)40(35)42-38)30-13-8-12-27(21-30)28-17-18-29-24-37-34(23-31(29)22-28)33-15-6-7-16-36(33)43-37;1-2-8-24(9-3-1)35-36(38-31-12-6-5-11-30(31)37-35)25-16-14-23(15-17-25)26-18-20-28-27(22-26)19-21-33-34(28)29-10-4-7-13-32(29)39-33/h3-26H,1-2H3;1-24H;1-22H. The van der Waals surface area contributed by atoms with E-state index in [4.69, 9.17) is 34.3 Å². The Labute approximate surface area is 756 Å². The summed E-state index contributed by atoms with van der Waals surface area (Å²) < 4.78 is 11.5. The van der Waals surface area contributed by atoms with Crippen LogP contribution in [-0.2, 0) is 5.41 Å². The summed E-state index contributed by atoms with van der Waals surface area (Å²) in [6.07, 6.45) is 0. The average molecular weight is 1690 g/mol. The number of hydrogen-bond donors (Lipinski definition) is 0. The fraction of sp³-hybridized carbons (Fsp3) is 0.0248. The van der Waals surface area contributed by atoms with E-state index in [1.54, 1.807) is 0 Å². The normalized spacial score (nSPS) is 12.3. The molecule has 0 spiro atoms. The van der Waals surface area contributed by atoms with Crippen LogP contribution in [0, 0.1) is 0 Å². The highest BCUT2D eigenvalue weighted by atomic mass is 32.1. The van der Waals surface area contributed by atoms with E-state index in [1.165, 1.54) is 112 Å². The van der Waals surface area contributed by atoms with Crippen molar-refractivity contribution in [3.63, 3.8) is 0 Å². The highest BCUT2D eigenvalue weighted by molar-refractivity contribution is 7.26. The largest absolute Gasteiger partial charge is 0.456 e. The molecular weight excluding hydrogens is 1620 g/mol. The molecule has 0 amide bonds. The Morgan fingerprint density at radius 3 is 1.20 bits per heavy atom. The Hall–Kier alpha value is -16.3. The van der Waals surface area contributed by atoms with Crippen LogP contribution in [0.3, 0.4) is 0 Å². The van der Waals surface area contributed by atoms with Gasteiger partial charge in [0, 0.05) is 95.3 Å². The maximum absolute atomic E-state index is 6.13. The van der Waals surface area contributed by atoms with Gasteiger partial charge in [0.15, 0.2) is 0 Å². The van der Waals surface area contributed by atoms with Gasteiger partial charge in [-0.05, 0) is 196 Å². The van der Waals surface area contributed by atoms with Gasteiger partial charge in [0.05, 0.1) is 67.3 Å². The second-order valence-corrected chi connectivity index (χ2v) is 36.4. The zero-order valence-corrected chi connectivity index (χ0v) is 72.5. The van der Waals surface area contributed by atoms with E-state index in [1.807, 2.05) is 95.5 Å². The van der Waals surface area contributed by atoms with E-state index in [2.05, 4.69) is 366 Å². The zero-order chi connectivity index (χ0) is 86.1. The Kier molecular flexibility index (Phi) is 18.2. The van der Waals surface area contributed by atoms with Crippen molar-refractivity contribution in [2.45, 2.75) is 19.3 Å². The average Bonchev–Trinajstić information content (AvgIpc) is 1.47. The van der Waals surface area contributed by atoms with E-state index in [-0.39, 0.29) is 5.41 Å². The summed E-state index contributed by atoms with van der Waals surface area (Å²) in [5.74, 6) is 0. The summed E-state index contributed by atoms with van der Waals surface area (Å²) in [5.41, 5.74) is 31.3. The third-order valence-corrected chi connectivity index (χ3v) is 28.4. The molecule has 608 valence electrons. The van der Waals surface area contributed by atoms with Crippen LogP contribution >= 0.6 is 22.7 Å². The van der Waals surface area contributed by atoms with Crippen molar-refractivity contribution in [3.8, 4) is 112 Å². The molecule has 0 aliphatic heterocycles. The molecular formula is C121H76N6OS2. The molecule has 0 N–H and O–H groups in total. The molecule has 26 aromatic rings. The van der Waals surface area contributed by atoms with Crippen molar-refractivity contribution in [1.82, 2.24) is 29.9 Å². The highest BCUT2D eigenvalue weighted by Crippen LogP contribution is 2.51. The third kappa shape index (κ3) is 13.2. The molecule has 6 aromatic heterocycles. The number of aromatic nitrogens is 6. The third-order valence-electron chi connectivity index (χ3n) is 26.2. The monoisotopic (exact) mass is 1690 g/mol. The minimum absolute atomic E-state index is 0.0871. The lowest BCUT2D eigenvalue weighted by Gasteiger charge is -2.22. The summed E-state index contributed by atoms with van der Waals surface area (Å²) in [7, 11) is 0. The van der Waals surface area contributed by atoms with Crippen LogP contribution in [0.25, 0.3) is 251 Å². The minimum Gasteiger partial charge on any atom is -0.456 e. The van der Waals surface area contributed by atoms with Crippen LogP contribution in [0.2, 0.25) is 0 Å². The lowest BCUT2D eigenvalue weighted by molar-refractivity contribution is 0.660. The van der Waals surface area contributed by atoms with Gasteiger partial charge >= 0.3 is 0 Å². The molecule has 0 fully saturated rings. The molecule has 27 rings (SSSR count). The van der Waals surface area contributed by atoms with Gasteiger partial charge in [-0.1, -0.05) is 335 Å². The Bertz CT molecular complexity index is 9090. The molecule has 0 radical (unpaired) electrons. The van der Waals surface area contributed by atoms with Crippen LogP contribution in [0.15, 0.2) is 429 Å². The Morgan fingerprint density at radius 2 is 0.600 bits per heavy atom. The second kappa shape index (κ2) is 31.1. The first-order chi connectivity index (χ1) is 64.1. The van der Waals surface area contributed by atoms with Gasteiger partial charge in [0.2, 0.25) is 0 Å². The maximum Gasteiger partial charge on any atom is 0.136 e. The van der Waals surface area contributed by atoms with Gasteiger partial charge in [-0.15, -0.1) is 22.7 Å². The molecule has 130 heavy (non-hydrogen) atoms. The maximum atomic E-state index is 6.13. The first kappa shape index (κ1) is 76.2. The molecule has 7 nitrogen and oxygen atoms in total. The van der Waals surface area contributed by atoms with Gasteiger partial charge in [-0.2, -0.15) is 0 Å². The second-order valence-electron chi connectivity index (χ2n) is 34.2. The van der Waals surface area contributed by atoms with Crippen LogP contribution in [0.1, 0.15) is 25.0 Å². The van der Waals surface area contributed by atoms with Gasteiger partial charge in [-0.25, -0.2) is 29.9 Å². The molecule has 1 aliphatic rings. The number of para-hydroxylation sites is 5. The zero-order valence-electron chi connectivity index (χ0n) is 70.8. The number of furan rings is 1. The summed E-state index contributed by atoms with van der Waals surface area (Å²) in [4.78, 5) is 31.0. The van der Waals surface area contributed by atoms with Crippen LogP contribution in [0.5, 0.6) is 0 Å². The predicted octanol–water partition coefficient (Wildman–Crippen LogP) is 33.4. The first-order valence-electron chi connectivity index (χ1n) is 44.1. The number of benzene rings is 20. The SMILES string of the molecule is CC1(C)c2ccccc2-c2ccc(-c3nc4ccccc4nc3-c3ccc(-c4ccc5c(ccc6sc7ccccc7c65)c4)cc3)cc21.c1ccc(-c2nc3c(ccc4ccccc43)nc2-c2cccc(-c3ccc4cc5oc6ccccc6c5cc4c3)c2)cc1.c1ccc(-c2nc3ccccc3nc2-c2ccc(-c3ccc4c(ccc5sc6ccccc6c54)c3)cc2)cc1. The van der Waals surface area contributed by atoms with Crippen LogP contribution < -0.4 is 0 Å². The molecule has 0 unspecified atom stereocenters. The number of nitrogens with zero attached hydrogens (tertiary/aromatic N) is 6. The van der Waals surface area contributed by atoms with E-state index in [9.17, 15) is 0 Å². The number of rotatable bonds is 9. The van der Waals surface area contributed by atoms with E-state index < -0.39 is 0 Å². The molecule has 1 aliphatic carbocycles. The van der Waals surface area contributed by atoms with Crippen LogP contribution in [0.4, 0.5) is 0 Å². The van der Waals surface area contributed by atoms with Crippen molar-refractivity contribution in [3.05, 3.63) is 436 Å². The minimum atomic E-state index is -0.0871. The quantitative estimate of drug-likeness (QED) is 0.133. The Morgan fingerprint density at radius 1 is 0.200 bits per heavy atom. The Balaban J connectivity index is 0.000000106. The first-order valence-corrected chi connectivity index (χ1v) is 45.7. The van der Waals surface area contributed by atoms with Crippen molar-refractivity contribution in [2.24, 2.45) is 0 Å². The summed E-state index contributed by atoms with van der Waals surface area (Å²) in [6.45, 7) is 4.65. The van der Waals surface area contributed by atoms with Gasteiger partial charge in [0.25, 0.3) is 0 Å². The lowest BCUT2D eigenvalue weighted by atomic mass is 9.81. The molecule has 20 aromatic carbocycles. The van der Waals surface area contributed by atoms with E-state index in [0.29, 0.717) is 0 Å². The predicted molar refractivity (Wildman–Crippen MR) is 548 cm³/mol. The smallest absolute Gasteiger partial charge is 0.136 e. The molecule has 0 bridgehead atoms. The van der Waals surface area contributed by atoms with Crippen molar-refractivity contribution < 1.29 is 4.42 Å². The van der Waals surface area contributed by atoms with Gasteiger partial charge in [0.1, 0.15) is 11.2 Å². The van der Waals surface area contributed by atoms with E-state index in [0.717, 1.165) is 150 Å². The molecule has 0 saturated heterocycles. The van der Waals surface area contributed by atoms with Crippen molar-refractivity contribution in [2.75, 3.05) is 0 Å². The topological polar surface area (TPSA) is 90.5 Å². The summed E-state index contributed by atoms with van der Waals surface area (Å²) in [5, 5.41) is 17.4. The fourth-order valence-electron chi connectivity index (χ4n) is 19.6. The fourth-order valence-corrected chi connectivity index (χ4v) is 21.9. The van der Waals surface area contributed by atoms with Crippen molar-refractivity contribution in [1.29, 1.82) is 0 Å². The molecule has 6 heterocycles. The lowest BCUT2D eigenvalue weighted by Crippen LogP contribution is -2.15. The van der Waals surface area contributed by atoms with Crippen LogP contribution in [-0.4, -0.2) is 29.9 Å². The molecule has 0 atom stereocenters. The van der Waals surface area contributed by atoms with Crippen molar-refractivity contribution >= 4 is 161 Å². The highest BCUT2D eigenvalue weighted by Gasteiger charge is 2.36. The van der Waals surface area contributed by atoms with Gasteiger partial charge in [-0.3, -0.25) is 0 Å². The molecule has 0 saturated carbocycles. The van der Waals surface area contributed by atoms with Gasteiger partial charge < -0.3 is 4.42 Å². The molecule has 9 heteroatoms. The van der Waals surface area contributed by atoms with E-state index >= 15 is 0 Å². The number of hydrogen-bond acceptors (Lipinski definition) is 9. The number of fused-ring (bicyclic) bond motifs is 22. The summed E-state index contributed by atoms with van der Waals surface area (Å²) in [6, 6.07) is 151. The summed E-state index contributed by atoms with van der Waals surface area (Å²) >= 11 is 3.73. The number of thiophene rings is 2.